The topological polar surface area (TPSA) is 55.8 Å². The van der Waals surface area contributed by atoms with Gasteiger partial charge in [-0.25, -0.2) is 0 Å². The molecule has 1 rings (SSSR count). The van der Waals surface area contributed by atoms with Gasteiger partial charge in [0.1, 0.15) is 0 Å². The molecular formula is C20H35NO4. The fourth-order valence-electron chi connectivity index (χ4n) is 2.82. The SMILES string of the molecule is CCCCCCCCCCCCOCCOCCN1C(=O)C=CC1=O. The van der Waals surface area contributed by atoms with Gasteiger partial charge in [-0.15, -0.1) is 0 Å². The Morgan fingerprint density at radius 2 is 1.16 bits per heavy atom. The molecule has 5 heteroatoms. The number of imide groups is 1. The lowest BCUT2D eigenvalue weighted by Gasteiger charge is -2.13. The molecule has 1 heterocycles. The Morgan fingerprint density at radius 3 is 1.72 bits per heavy atom. The van der Waals surface area contributed by atoms with Crippen LogP contribution in [0.2, 0.25) is 0 Å². The van der Waals surface area contributed by atoms with Crippen molar-refractivity contribution >= 4 is 11.8 Å². The predicted molar refractivity (Wildman–Crippen MR) is 99.3 cm³/mol. The zero-order valence-electron chi connectivity index (χ0n) is 15.8. The molecule has 0 spiro atoms. The van der Waals surface area contributed by atoms with E-state index in [2.05, 4.69) is 6.92 Å². The summed E-state index contributed by atoms with van der Waals surface area (Å²) in [6.45, 7) is 4.78. The molecule has 0 aromatic rings. The van der Waals surface area contributed by atoms with Gasteiger partial charge in [0.2, 0.25) is 0 Å². The molecule has 0 saturated carbocycles. The third-order valence-electron chi connectivity index (χ3n) is 4.37. The summed E-state index contributed by atoms with van der Waals surface area (Å²) < 4.78 is 10.9. The van der Waals surface area contributed by atoms with Gasteiger partial charge in [-0.05, 0) is 6.42 Å². The Bertz CT molecular complexity index is 377. The smallest absolute Gasteiger partial charge is 0.253 e. The fourth-order valence-corrected chi connectivity index (χ4v) is 2.82. The van der Waals surface area contributed by atoms with Crippen molar-refractivity contribution < 1.29 is 19.1 Å². The van der Waals surface area contributed by atoms with Crippen molar-refractivity contribution in [1.29, 1.82) is 0 Å². The summed E-state index contributed by atoms with van der Waals surface area (Å²) in [5.41, 5.74) is 0. The van der Waals surface area contributed by atoms with Crippen molar-refractivity contribution in [2.45, 2.75) is 71.1 Å². The Balaban J connectivity index is 1.73. The van der Waals surface area contributed by atoms with E-state index >= 15 is 0 Å². The van der Waals surface area contributed by atoms with Crippen LogP contribution in [0, 0.1) is 0 Å². The Hall–Kier alpha value is -1.20. The summed E-state index contributed by atoms with van der Waals surface area (Å²) in [5.74, 6) is -0.517. The van der Waals surface area contributed by atoms with Crippen LogP contribution in [0.25, 0.3) is 0 Å². The summed E-state index contributed by atoms with van der Waals surface area (Å²) in [6.07, 6.45) is 15.8. The molecular weight excluding hydrogens is 318 g/mol. The van der Waals surface area contributed by atoms with Gasteiger partial charge in [0.25, 0.3) is 11.8 Å². The molecule has 25 heavy (non-hydrogen) atoms. The van der Waals surface area contributed by atoms with Crippen LogP contribution >= 0.6 is 0 Å². The van der Waals surface area contributed by atoms with Gasteiger partial charge in [-0.3, -0.25) is 14.5 Å². The van der Waals surface area contributed by atoms with E-state index in [4.69, 9.17) is 9.47 Å². The highest BCUT2D eigenvalue weighted by Crippen LogP contribution is 2.10. The molecule has 0 unspecified atom stereocenters. The van der Waals surface area contributed by atoms with Gasteiger partial charge in [0.15, 0.2) is 0 Å². The summed E-state index contributed by atoms with van der Waals surface area (Å²) in [4.78, 5) is 23.8. The van der Waals surface area contributed by atoms with Gasteiger partial charge >= 0.3 is 0 Å². The molecule has 0 N–H and O–H groups in total. The van der Waals surface area contributed by atoms with E-state index in [1.165, 1.54) is 74.8 Å². The van der Waals surface area contributed by atoms with Crippen molar-refractivity contribution in [2.24, 2.45) is 0 Å². The summed E-state index contributed by atoms with van der Waals surface area (Å²) in [5, 5.41) is 0. The number of amides is 2. The van der Waals surface area contributed by atoms with Crippen molar-refractivity contribution in [3.05, 3.63) is 12.2 Å². The first-order valence-electron chi connectivity index (χ1n) is 9.94. The monoisotopic (exact) mass is 353 g/mol. The largest absolute Gasteiger partial charge is 0.379 e. The molecule has 144 valence electrons. The van der Waals surface area contributed by atoms with E-state index in [0.29, 0.717) is 26.4 Å². The summed E-state index contributed by atoms with van der Waals surface area (Å²) >= 11 is 0. The van der Waals surface area contributed by atoms with Crippen LogP contribution in [0.5, 0.6) is 0 Å². The normalized spacial score (nSPS) is 14.0. The number of ether oxygens (including phenoxy) is 2. The highest BCUT2D eigenvalue weighted by atomic mass is 16.5. The van der Waals surface area contributed by atoms with Crippen LogP contribution in [0.1, 0.15) is 71.1 Å². The highest BCUT2D eigenvalue weighted by molar-refractivity contribution is 6.12. The van der Waals surface area contributed by atoms with Crippen LogP contribution in [0.15, 0.2) is 12.2 Å². The molecule has 5 nitrogen and oxygen atoms in total. The van der Waals surface area contributed by atoms with E-state index in [9.17, 15) is 9.59 Å². The number of carbonyl (C=O) groups is 2. The zero-order chi connectivity index (χ0) is 18.2. The molecule has 1 aliphatic rings. The molecule has 0 aliphatic carbocycles. The average molecular weight is 354 g/mol. The van der Waals surface area contributed by atoms with E-state index in [1.54, 1.807) is 0 Å². The zero-order valence-corrected chi connectivity index (χ0v) is 15.8. The maximum atomic E-state index is 11.3. The molecule has 0 fully saturated rings. The minimum absolute atomic E-state index is 0.259. The van der Waals surface area contributed by atoms with Crippen LogP contribution in [0.3, 0.4) is 0 Å². The van der Waals surface area contributed by atoms with E-state index in [0.717, 1.165) is 13.0 Å². The second-order valence-corrected chi connectivity index (χ2v) is 6.57. The van der Waals surface area contributed by atoms with E-state index in [1.807, 2.05) is 0 Å². The molecule has 2 amide bonds. The van der Waals surface area contributed by atoms with Crippen LogP contribution in [-0.2, 0) is 19.1 Å². The standard InChI is InChI=1S/C20H35NO4/c1-2-3-4-5-6-7-8-9-10-11-15-24-17-18-25-16-14-21-19(22)12-13-20(21)23/h12-13H,2-11,14-18H2,1H3. The van der Waals surface area contributed by atoms with Gasteiger partial charge < -0.3 is 9.47 Å². The first kappa shape index (κ1) is 21.8. The third kappa shape index (κ3) is 11.1. The molecule has 0 saturated heterocycles. The first-order valence-corrected chi connectivity index (χ1v) is 9.94. The van der Waals surface area contributed by atoms with Crippen molar-refractivity contribution in [2.75, 3.05) is 33.0 Å². The summed E-state index contributed by atoms with van der Waals surface area (Å²) in [6, 6.07) is 0. The lowest BCUT2D eigenvalue weighted by atomic mass is 10.1. The highest BCUT2D eigenvalue weighted by Gasteiger charge is 2.22. The van der Waals surface area contributed by atoms with E-state index in [-0.39, 0.29) is 11.8 Å². The van der Waals surface area contributed by atoms with Gasteiger partial charge in [0.05, 0.1) is 26.4 Å². The number of rotatable bonds is 17. The second-order valence-electron chi connectivity index (χ2n) is 6.57. The summed E-state index contributed by atoms with van der Waals surface area (Å²) in [7, 11) is 0. The molecule has 0 radical (unpaired) electrons. The molecule has 0 atom stereocenters. The fraction of sp³-hybridized carbons (Fsp3) is 0.800. The lowest BCUT2D eigenvalue weighted by Crippen LogP contribution is -2.33. The quantitative estimate of drug-likeness (QED) is 0.294. The number of hydrogen-bond donors (Lipinski definition) is 0. The Kier molecular flexibility index (Phi) is 13.2. The third-order valence-corrected chi connectivity index (χ3v) is 4.37. The molecule has 1 aliphatic heterocycles. The van der Waals surface area contributed by atoms with Crippen LogP contribution < -0.4 is 0 Å². The Labute approximate surface area is 152 Å². The average Bonchev–Trinajstić information content (AvgIpc) is 2.93. The van der Waals surface area contributed by atoms with Crippen LogP contribution in [-0.4, -0.2) is 49.7 Å². The van der Waals surface area contributed by atoms with Gasteiger partial charge in [-0.2, -0.15) is 0 Å². The molecule has 0 aromatic carbocycles. The van der Waals surface area contributed by atoms with E-state index < -0.39 is 0 Å². The van der Waals surface area contributed by atoms with Crippen LogP contribution in [0.4, 0.5) is 0 Å². The molecule has 0 bridgehead atoms. The van der Waals surface area contributed by atoms with Crippen molar-refractivity contribution in [1.82, 2.24) is 4.90 Å². The maximum Gasteiger partial charge on any atom is 0.253 e. The van der Waals surface area contributed by atoms with Crippen molar-refractivity contribution in [3.8, 4) is 0 Å². The number of hydrogen-bond acceptors (Lipinski definition) is 4. The minimum atomic E-state index is -0.259. The number of unbranched alkanes of at least 4 members (excludes halogenated alkanes) is 9. The molecule has 0 aromatic heterocycles. The minimum Gasteiger partial charge on any atom is -0.379 e. The predicted octanol–water partition coefficient (Wildman–Crippen LogP) is 3.87. The van der Waals surface area contributed by atoms with Gasteiger partial charge in [0, 0.05) is 18.8 Å². The Morgan fingerprint density at radius 1 is 0.680 bits per heavy atom. The number of nitrogens with zero attached hydrogens (tertiary/aromatic N) is 1. The number of carbonyl (C=O) groups excluding carboxylic acids is 2. The second kappa shape index (κ2) is 15.1. The lowest BCUT2D eigenvalue weighted by molar-refractivity contribution is -0.137. The maximum absolute atomic E-state index is 11.3. The van der Waals surface area contributed by atoms with Crippen molar-refractivity contribution in [3.63, 3.8) is 0 Å². The van der Waals surface area contributed by atoms with Gasteiger partial charge in [-0.1, -0.05) is 64.7 Å². The first-order chi connectivity index (χ1) is 12.3.